The summed E-state index contributed by atoms with van der Waals surface area (Å²) in [5.74, 6) is 0.372. The Morgan fingerprint density at radius 1 is 1.33 bits per heavy atom. The normalized spacial score (nSPS) is 13.0. The number of carbonyl (C=O) groups is 1. The van der Waals surface area contributed by atoms with Crippen LogP contribution in [-0.4, -0.2) is 34.2 Å². The van der Waals surface area contributed by atoms with E-state index in [4.69, 9.17) is 4.74 Å². The highest BCUT2D eigenvalue weighted by Gasteiger charge is 2.18. The van der Waals surface area contributed by atoms with Crippen LogP contribution >= 0.6 is 0 Å². The van der Waals surface area contributed by atoms with Gasteiger partial charge in [-0.3, -0.25) is 9.97 Å². The lowest BCUT2D eigenvalue weighted by molar-refractivity contribution is 0.0519. The highest BCUT2D eigenvalue weighted by Crippen LogP contribution is 2.07. The minimum absolute atomic E-state index is 0.138. The smallest absolute Gasteiger partial charge is 0.407 e. The van der Waals surface area contributed by atoms with E-state index >= 15 is 0 Å². The number of aromatic nitrogens is 2. The predicted octanol–water partition coefficient (Wildman–Crippen LogP) is 2.12. The van der Waals surface area contributed by atoms with Crippen molar-refractivity contribution < 1.29 is 9.53 Å². The molecule has 0 radical (unpaired) electrons. The molecule has 0 aliphatic rings. The quantitative estimate of drug-likeness (QED) is 0.840. The molecule has 21 heavy (non-hydrogen) atoms. The van der Waals surface area contributed by atoms with Crippen LogP contribution in [0.1, 0.15) is 40.3 Å². The van der Waals surface area contributed by atoms with Gasteiger partial charge in [-0.25, -0.2) is 4.79 Å². The Balaban J connectivity index is 2.42. The largest absolute Gasteiger partial charge is 0.444 e. The number of nitrogens with one attached hydrogen (secondary N) is 2. The number of alkyl carbamates (subject to hydrolysis) is 1. The van der Waals surface area contributed by atoms with Crippen LogP contribution in [0.25, 0.3) is 0 Å². The van der Waals surface area contributed by atoms with Crippen molar-refractivity contribution in [2.75, 3.05) is 6.54 Å². The Labute approximate surface area is 126 Å². The second kappa shape index (κ2) is 7.93. The molecule has 0 aliphatic carbocycles. The standard InChI is InChI=1S/C15H26N4O2/c1-11(2)13(10-19-14(20)21-15(3,4)5)18-9-12-8-16-6-7-17-12/h6-8,11,13,18H,9-10H2,1-5H3,(H,19,20). The van der Waals surface area contributed by atoms with Crippen LogP contribution in [0.4, 0.5) is 4.79 Å². The first-order valence-electron chi connectivity index (χ1n) is 7.23. The van der Waals surface area contributed by atoms with Gasteiger partial charge in [-0.1, -0.05) is 13.8 Å². The van der Waals surface area contributed by atoms with Gasteiger partial charge in [-0.2, -0.15) is 0 Å². The van der Waals surface area contributed by atoms with E-state index in [1.807, 2.05) is 20.8 Å². The molecule has 1 rings (SSSR count). The van der Waals surface area contributed by atoms with Crippen LogP contribution in [0.15, 0.2) is 18.6 Å². The van der Waals surface area contributed by atoms with Crippen molar-refractivity contribution in [3.05, 3.63) is 24.3 Å². The summed E-state index contributed by atoms with van der Waals surface area (Å²) in [5, 5.41) is 6.18. The number of ether oxygens (including phenoxy) is 1. The number of hydrogen-bond acceptors (Lipinski definition) is 5. The van der Waals surface area contributed by atoms with E-state index in [1.54, 1.807) is 18.6 Å². The van der Waals surface area contributed by atoms with Crippen LogP contribution in [0.2, 0.25) is 0 Å². The molecule has 6 heteroatoms. The zero-order valence-corrected chi connectivity index (χ0v) is 13.5. The molecule has 1 aromatic rings. The molecule has 0 fully saturated rings. The predicted molar refractivity (Wildman–Crippen MR) is 81.7 cm³/mol. The Morgan fingerprint density at radius 2 is 2.05 bits per heavy atom. The molecule has 1 atom stereocenters. The van der Waals surface area contributed by atoms with Crippen LogP contribution in [-0.2, 0) is 11.3 Å². The zero-order chi connectivity index (χ0) is 15.9. The zero-order valence-electron chi connectivity index (χ0n) is 13.5. The van der Waals surface area contributed by atoms with Crippen molar-refractivity contribution in [2.24, 2.45) is 5.92 Å². The van der Waals surface area contributed by atoms with E-state index < -0.39 is 11.7 Å². The molecule has 0 saturated heterocycles. The van der Waals surface area contributed by atoms with Gasteiger partial charge in [0, 0.05) is 37.7 Å². The van der Waals surface area contributed by atoms with Crippen molar-refractivity contribution in [2.45, 2.75) is 52.8 Å². The van der Waals surface area contributed by atoms with Crippen LogP contribution in [0.5, 0.6) is 0 Å². The summed E-state index contributed by atoms with van der Waals surface area (Å²) < 4.78 is 5.23. The lowest BCUT2D eigenvalue weighted by atomic mass is 10.0. The Bertz CT molecular complexity index is 429. The molecule has 118 valence electrons. The lowest BCUT2D eigenvalue weighted by Gasteiger charge is -2.24. The molecule has 0 bridgehead atoms. The third kappa shape index (κ3) is 7.60. The van der Waals surface area contributed by atoms with Gasteiger partial charge < -0.3 is 15.4 Å². The van der Waals surface area contributed by atoms with E-state index in [-0.39, 0.29) is 6.04 Å². The molecule has 1 amide bonds. The molecule has 0 aliphatic heterocycles. The van der Waals surface area contributed by atoms with Crippen LogP contribution < -0.4 is 10.6 Å². The monoisotopic (exact) mass is 294 g/mol. The van der Waals surface area contributed by atoms with E-state index in [1.165, 1.54) is 0 Å². The van der Waals surface area contributed by atoms with Gasteiger partial charge in [0.15, 0.2) is 0 Å². The maximum atomic E-state index is 11.7. The molecule has 2 N–H and O–H groups in total. The number of carbonyl (C=O) groups excluding carboxylic acids is 1. The average molecular weight is 294 g/mol. The Morgan fingerprint density at radius 3 is 2.57 bits per heavy atom. The topological polar surface area (TPSA) is 76.1 Å². The van der Waals surface area contributed by atoms with Crippen molar-refractivity contribution in [3.63, 3.8) is 0 Å². The minimum atomic E-state index is -0.482. The molecule has 0 spiro atoms. The highest BCUT2D eigenvalue weighted by atomic mass is 16.6. The first kappa shape index (κ1) is 17.4. The summed E-state index contributed by atoms with van der Waals surface area (Å²) in [5.41, 5.74) is 0.394. The fourth-order valence-electron chi connectivity index (χ4n) is 1.71. The van der Waals surface area contributed by atoms with E-state index in [0.717, 1.165) is 5.69 Å². The Kier molecular flexibility index (Phi) is 6.55. The molecule has 6 nitrogen and oxygen atoms in total. The third-order valence-corrected chi connectivity index (χ3v) is 2.83. The first-order chi connectivity index (χ1) is 9.78. The molecule has 0 aromatic carbocycles. The Hall–Kier alpha value is -1.69. The summed E-state index contributed by atoms with van der Waals surface area (Å²) in [6, 6.07) is 0.138. The van der Waals surface area contributed by atoms with Gasteiger partial charge in [0.2, 0.25) is 0 Å². The fourth-order valence-corrected chi connectivity index (χ4v) is 1.71. The fraction of sp³-hybridized carbons (Fsp3) is 0.667. The average Bonchev–Trinajstić information content (AvgIpc) is 2.37. The molecule has 1 unspecified atom stereocenters. The molecule has 1 heterocycles. The van der Waals surface area contributed by atoms with Crippen molar-refractivity contribution in [3.8, 4) is 0 Å². The SMILES string of the molecule is CC(C)C(CNC(=O)OC(C)(C)C)NCc1cnccn1. The maximum absolute atomic E-state index is 11.7. The molecule has 1 aromatic heterocycles. The van der Waals surface area contributed by atoms with Gasteiger partial charge in [-0.05, 0) is 26.7 Å². The van der Waals surface area contributed by atoms with Crippen molar-refractivity contribution in [1.29, 1.82) is 0 Å². The second-order valence-corrected chi connectivity index (χ2v) is 6.31. The second-order valence-electron chi connectivity index (χ2n) is 6.31. The van der Waals surface area contributed by atoms with Crippen LogP contribution in [0.3, 0.4) is 0 Å². The van der Waals surface area contributed by atoms with E-state index in [9.17, 15) is 4.79 Å². The van der Waals surface area contributed by atoms with Gasteiger partial charge in [0.25, 0.3) is 0 Å². The summed E-state index contributed by atoms with van der Waals surface area (Å²) >= 11 is 0. The minimum Gasteiger partial charge on any atom is -0.444 e. The summed E-state index contributed by atoms with van der Waals surface area (Å²) in [6.45, 7) is 10.9. The summed E-state index contributed by atoms with van der Waals surface area (Å²) in [6.07, 6.45) is 4.65. The molecule has 0 saturated carbocycles. The van der Waals surface area contributed by atoms with Gasteiger partial charge >= 0.3 is 6.09 Å². The molecular weight excluding hydrogens is 268 g/mol. The van der Waals surface area contributed by atoms with E-state index in [2.05, 4.69) is 34.4 Å². The summed E-state index contributed by atoms with van der Waals surface area (Å²) in [4.78, 5) is 19.9. The molecular formula is C15H26N4O2. The number of rotatable bonds is 6. The van der Waals surface area contributed by atoms with E-state index in [0.29, 0.717) is 19.0 Å². The lowest BCUT2D eigenvalue weighted by Crippen LogP contribution is -2.45. The number of nitrogens with zero attached hydrogens (tertiary/aromatic N) is 2. The first-order valence-corrected chi connectivity index (χ1v) is 7.23. The highest BCUT2D eigenvalue weighted by molar-refractivity contribution is 5.67. The van der Waals surface area contributed by atoms with Gasteiger partial charge in [0.1, 0.15) is 5.60 Å². The maximum Gasteiger partial charge on any atom is 0.407 e. The van der Waals surface area contributed by atoms with Crippen molar-refractivity contribution >= 4 is 6.09 Å². The van der Waals surface area contributed by atoms with Gasteiger partial charge in [0.05, 0.1) is 5.69 Å². The summed E-state index contributed by atoms with van der Waals surface area (Å²) in [7, 11) is 0. The number of amides is 1. The van der Waals surface area contributed by atoms with Gasteiger partial charge in [-0.15, -0.1) is 0 Å². The van der Waals surface area contributed by atoms with Crippen molar-refractivity contribution in [1.82, 2.24) is 20.6 Å². The third-order valence-electron chi connectivity index (χ3n) is 2.83. The number of hydrogen-bond donors (Lipinski definition) is 2. The van der Waals surface area contributed by atoms with Crippen LogP contribution in [0, 0.1) is 5.92 Å².